The fourth-order valence-corrected chi connectivity index (χ4v) is 1.55. The molecule has 0 atom stereocenters. The third-order valence-corrected chi connectivity index (χ3v) is 2.47. The highest BCUT2D eigenvalue weighted by Gasteiger charge is 2.12. The van der Waals surface area contributed by atoms with Gasteiger partial charge in [-0.15, -0.1) is 0 Å². The predicted molar refractivity (Wildman–Crippen MR) is 72.5 cm³/mol. The van der Waals surface area contributed by atoms with Gasteiger partial charge in [-0.3, -0.25) is 14.9 Å². The molecule has 7 nitrogen and oxygen atoms in total. The number of benzene rings is 1. The van der Waals surface area contributed by atoms with Crippen LogP contribution in [0.4, 0.5) is 5.69 Å². The lowest BCUT2D eigenvalue weighted by Gasteiger charge is -2.17. The van der Waals surface area contributed by atoms with Crippen LogP contribution in [-0.4, -0.2) is 36.9 Å². The van der Waals surface area contributed by atoms with E-state index in [-0.39, 0.29) is 18.1 Å². The lowest BCUT2D eigenvalue weighted by molar-refractivity contribution is -0.384. The number of rotatable bonds is 8. The summed E-state index contributed by atoms with van der Waals surface area (Å²) < 4.78 is 10.6. The van der Waals surface area contributed by atoms with E-state index in [1.807, 2.05) is 13.8 Å². The fourth-order valence-electron chi connectivity index (χ4n) is 1.55. The molecule has 0 saturated heterocycles. The van der Waals surface area contributed by atoms with Crippen molar-refractivity contribution in [2.75, 3.05) is 19.8 Å². The third-order valence-electron chi connectivity index (χ3n) is 2.47. The van der Waals surface area contributed by atoms with Crippen molar-refractivity contribution in [2.45, 2.75) is 20.1 Å². The van der Waals surface area contributed by atoms with Crippen molar-refractivity contribution in [3.63, 3.8) is 0 Å². The first-order chi connectivity index (χ1) is 9.58. The Morgan fingerprint density at radius 2 is 1.80 bits per heavy atom. The summed E-state index contributed by atoms with van der Waals surface area (Å²) in [4.78, 5) is 21.8. The van der Waals surface area contributed by atoms with Crippen LogP contribution in [0.1, 0.15) is 24.2 Å². The average molecular weight is 282 g/mol. The monoisotopic (exact) mass is 282 g/mol. The first-order valence-electron chi connectivity index (χ1n) is 6.34. The van der Waals surface area contributed by atoms with Crippen LogP contribution in [0.15, 0.2) is 24.3 Å². The number of non-ortho nitro benzene ring substituents is 1. The van der Waals surface area contributed by atoms with Gasteiger partial charge in [0.05, 0.1) is 11.5 Å². The molecule has 0 unspecified atom stereocenters. The Hall–Kier alpha value is -1.99. The number of amides is 1. The zero-order valence-electron chi connectivity index (χ0n) is 11.5. The van der Waals surface area contributed by atoms with Crippen LogP contribution in [0.5, 0.6) is 0 Å². The van der Waals surface area contributed by atoms with E-state index in [1.165, 1.54) is 24.3 Å². The maximum Gasteiger partial charge on any atom is 0.269 e. The minimum Gasteiger partial charge on any atom is -0.351 e. The molecule has 0 aromatic heterocycles. The van der Waals surface area contributed by atoms with Crippen molar-refractivity contribution in [2.24, 2.45) is 0 Å². The van der Waals surface area contributed by atoms with Gasteiger partial charge in [-0.2, -0.15) is 0 Å². The Labute approximate surface area is 117 Å². The van der Waals surface area contributed by atoms with Gasteiger partial charge in [0, 0.05) is 30.9 Å². The SMILES string of the molecule is CCOC(CNC(=O)c1ccc([N+](=O)[O-])cc1)OCC. The van der Waals surface area contributed by atoms with Crippen molar-refractivity contribution < 1.29 is 19.2 Å². The van der Waals surface area contributed by atoms with Crippen LogP contribution < -0.4 is 5.32 Å². The third kappa shape index (κ3) is 4.94. The Balaban J connectivity index is 2.55. The van der Waals surface area contributed by atoms with Crippen LogP contribution in [0, 0.1) is 10.1 Å². The van der Waals surface area contributed by atoms with E-state index in [2.05, 4.69) is 5.32 Å². The van der Waals surface area contributed by atoms with Gasteiger partial charge in [0.2, 0.25) is 0 Å². The molecule has 0 spiro atoms. The molecule has 7 heteroatoms. The molecule has 1 N–H and O–H groups in total. The zero-order chi connectivity index (χ0) is 15.0. The average Bonchev–Trinajstić information content (AvgIpc) is 2.45. The van der Waals surface area contributed by atoms with Gasteiger partial charge in [-0.25, -0.2) is 0 Å². The topological polar surface area (TPSA) is 90.7 Å². The molecule has 1 aromatic rings. The van der Waals surface area contributed by atoms with Gasteiger partial charge in [0.25, 0.3) is 11.6 Å². The first kappa shape index (κ1) is 16.1. The molecule has 0 heterocycles. The molecule has 1 rings (SSSR count). The van der Waals surface area contributed by atoms with Crippen molar-refractivity contribution in [1.82, 2.24) is 5.32 Å². The molecule has 0 radical (unpaired) electrons. The summed E-state index contributed by atoms with van der Waals surface area (Å²) in [6, 6.07) is 5.39. The Bertz CT molecular complexity index is 441. The normalized spacial score (nSPS) is 10.6. The van der Waals surface area contributed by atoms with Crippen LogP contribution in [0.2, 0.25) is 0 Å². The van der Waals surface area contributed by atoms with Crippen molar-refractivity contribution in [1.29, 1.82) is 0 Å². The van der Waals surface area contributed by atoms with Crippen LogP contribution >= 0.6 is 0 Å². The molecule has 0 aliphatic rings. The van der Waals surface area contributed by atoms with Crippen molar-refractivity contribution in [3.8, 4) is 0 Å². The number of carbonyl (C=O) groups is 1. The van der Waals surface area contributed by atoms with E-state index in [1.54, 1.807) is 0 Å². The predicted octanol–water partition coefficient (Wildman–Crippen LogP) is 1.72. The van der Waals surface area contributed by atoms with Gasteiger partial charge in [-0.05, 0) is 26.0 Å². The molecular weight excluding hydrogens is 264 g/mol. The summed E-state index contributed by atoms with van der Waals surface area (Å²) in [7, 11) is 0. The van der Waals surface area contributed by atoms with E-state index in [9.17, 15) is 14.9 Å². The molecule has 110 valence electrons. The quantitative estimate of drug-likeness (QED) is 0.445. The number of nitro benzene ring substituents is 1. The van der Waals surface area contributed by atoms with E-state index < -0.39 is 11.2 Å². The molecule has 1 aromatic carbocycles. The van der Waals surface area contributed by atoms with Crippen LogP contribution in [0.25, 0.3) is 0 Å². The molecule has 0 aliphatic heterocycles. The van der Waals surface area contributed by atoms with Gasteiger partial charge in [-0.1, -0.05) is 0 Å². The summed E-state index contributed by atoms with van der Waals surface area (Å²) in [5.74, 6) is -0.329. The maximum absolute atomic E-state index is 11.8. The summed E-state index contributed by atoms with van der Waals surface area (Å²) in [6.45, 7) is 4.86. The molecule has 0 bridgehead atoms. The first-order valence-corrected chi connectivity index (χ1v) is 6.34. The second kappa shape index (κ2) is 8.23. The molecule has 0 saturated carbocycles. The number of hydrogen-bond acceptors (Lipinski definition) is 5. The van der Waals surface area contributed by atoms with Gasteiger partial charge in [0.1, 0.15) is 0 Å². The minimum absolute atomic E-state index is 0.0527. The number of nitrogens with one attached hydrogen (secondary N) is 1. The molecule has 0 aliphatic carbocycles. The van der Waals surface area contributed by atoms with Crippen molar-refractivity contribution in [3.05, 3.63) is 39.9 Å². The number of nitrogens with zero attached hydrogens (tertiary/aromatic N) is 1. The highest BCUT2D eigenvalue weighted by Crippen LogP contribution is 2.11. The summed E-state index contributed by atoms with van der Waals surface area (Å²) in [5, 5.41) is 13.2. The van der Waals surface area contributed by atoms with Crippen molar-refractivity contribution >= 4 is 11.6 Å². The number of nitro groups is 1. The molecule has 0 fully saturated rings. The Morgan fingerprint density at radius 1 is 1.25 bits per heavy atom. The summed E-state index contributed by atoms with van der Waals surface area (Å²) in [5.41, 5.74) is 0.297. The van der Waals surface area contributed by atoms with Crippen LogP contribution in [-0.2, 0) is 9.47 Å². The largest absolute Gasteiger partial charge is 0.351 e. The second-order valence-corrected chi connectivity index (χ2v) is 3.85. The van der Waals surface area contributed by atoms with Crippen LogP contribution in [0.3, 0.4) is 0 Å². The standard InChI is InChI=1S/C13H18N2O5/c1-3-19-12(20-4-2)9-14-13(16)10-5-7-11(8-6-10)15(17)18/h5-8,12H,3-4,9H2,1-2H3,(H,14,16). The fraction of sp³-hybridized carbons (Fsp3) is 0.462. The Kier molecular flexibility index (Phi) is 6.61. The number of carbonyl (C=O) groups excluding carboxylic acids is 1. The van der Waals surface area contributed by atoms with Gasteiger partial charge in [0.15, 0.2) is 6.29 Å². The summed E-state index contributed by atoms with van der Waals surface area (Å²) in [6.07, 6.45) is -0.494. The maximum atomic E-state index is 11.8. The Morgan fingerprint density at radius 3 is 2.25 bits per heavy atom. The second-order valence-electron chi connectivity index (χ2n) is 3.85. The highest BCUT2D eigenvalue weighted by molar-refractivity contribution is 5.94. The van der Waals surface area contributed by atoms with E-state index >= 15 is 0 Å². The van der Waals surface area contributed by atoms with Gasteiger partial charge < -0.3 is 14.8 Å². The smallest absolute Gasteiger partial charge is 0.269 e. The molecule has 20 heavy (non-hydrogen) atoms. The lowest BCUT2D eigenvalue weighted by Crippen LogP contribution is -2.35. The minimum atomic E-state index is -0.512. The van der Waals surface area contributed by atoms with E-state index in [0.29, 0.717) is 18.8 Å². The number of hydrogen-bond donors (Lipinski definition) is 1. The molecule has 1 amide bonds. The van der Waals surface area contributed by atoms with Gasteiger partial charge >= 0.3 is 0 Å². The van der Waals surface area contributed by atoms with E-state index in [0.717, 1.165) is 0 Å². The lowest BCUT2D eigenvalue weighted by atomic mass is 10.2. The zero-order valence-corrected chi connectivity index (χ0v) is 11.5. The molecular formula is C13H18N2O5. The highest BCUT2D eigenvalue weighted by atomic mass is 16.7. The van der Waals surface area contributed by atoms with E-state index in [4.69, 9.17) is 9.47 Å². The summed E-state index contributed by atoms with van der Waals surface area (Å²) >= 11 is 0. The number of ether oxygens (including phenoxy) is 2.